The lowest BCUT2D eigenvalue weighted by Crippen LogP contribution is -2.32. The molecule has 3 aromatic rings. The standard InChI is InChI=1S/C24H25NO3/c1-27-24(26)23(22-15-9-4-10-16-22)18-25(17-20-11-5-2-6-12-20)28-19-21-13-7-3-8-14-21/h2-16,23H,17-19H2,1H3/t23-/m1/s1. The lowest BCUT2D eigenvalue weighted by atomic mass is 9.99. The highest BCUT2D eigenvalue weighted by atomic mass is 16.7. The molecular weight excluding hydrogens is 350 g/mol. The van der Waals surface area contributed by atoms with Gasteiger partial charge in [-0.3, -0.25) is 9.63 Å². The number of benzene rings is 3. The van der Waals surface area contributed by atoms with Crippen LogP contribution in [0.3, 0.4) is 0 Å². The fourth-order valence-electron chi connectivity index (χ4n) is 3.04. The smallest absolute Gasteiger partial charge is 0.314 e. The zero-order valence-electron chi connectivity index (χ0n) is 16.0. The lowest BCUT2D eigenvalue weighted by Gasteiger charge is -2.26. The van der Waals surface area contributed by atoms with E-state index >= 15 is 0 Å². The molecule has 0 aromatic heterocycles. The summed E-state index contributed by atoms with van der Waals surface area (Å²) in [6.07, 6.45) is 0. The number of hydrogen-bond acceptors (Lipinski definition) is 4. The number of carbonyl (C=O) groups excluding carboxylic acids is 1. The molecule has 0 aliphatic carbocycles. The molecule has 3 aromatic carbocycles. The van der Waals surface area contributed by atoms with Gasteiger partial charge in [0.05, 0.1) is 19.6 Å². The quantitative estimate of drug-likeness (QED) is 0.405. The van der Waals surface area contributed by atoms with Gasteiger partial charge in [0.1, 0.15) is 0 Å². The number of esters is 1. The van der Waals surface area contributed by atoms with Gasteiger partial charge < -0.3 is 4.74 Å². The van der Waals surface area contributed by atoms with Crippen molar-refractivity contribution in [1.82, 2.24) is 5.06 Å². The van der Waals surface area contributed by atoms with Crippen LogP contribution >= 0.6 is 0 Å². The maximum atomic E-state index is 12.5. The molecule has 0 bridgehead atoms. The van der Waals surface area contributed by atoms with E-state index in [1.54, 1.807) is 0 Å². The second kappa shape index (κ2) is 10.4. The topological polar surface area (TPSA) is 38.8 Å². The van der Waals surface area contributed by atoms with E-state index in [9.17, 15) is 4.79 Å². The van der Waals surface area contributed by atoms with Crippen LogP contribution in [0.2, 0.25) is 0 Å². The summed E-state index contributed by atoms with van der Waals surface area (Å²) in [6, 6.07) is 29.8. The van der Waals surface area contributed by atoms with E-state index < -0.39 is 5.92 Å². The van der Waals surface area contributed by atoms with Crippen LogP contribution in [0.1, 0.15) is 22.6 Å². The summed E-state index contributed by atoms with van der Waals surface area (Å²) in [5.74, 6) is -0.696. The molecule has 0 unspecified atom stereocenters. The molecule has 28 heavy (non-hydrogen) atoms. The summed E-state index contributed by atoms with van der Waals surface area (Å²) in [5, 5.41) is 1.84. The Labute approximate surface area is 166 Å². The summed E-state index contributed by atoms with van der Waals surface area (Å²) in [6.45, 7) is 1.42. The molecule has 0 amide bonds. The fourth-order valence-corrected chi connectivity index (χ4v) is 3.04. The molecule has 0 saturated carbocycles. The first kappa shape index (κ1) is 19.8. The average Bonchev–Trinajstić information content (AvgIpc) is 2.77. The molecule has 4 heteroatoms. The average molecular weight is 375 g/mol. The van der Waals surface area contributed by atoms with Crippen molar-refractivity contribution < 1.29 is 14.4 Å². The SMILES string of the molecule is COC(=O)[C@H](CN(Cc1ccccc1)OCc1ccccc1)c1ccccc1. The Kier molecular flexibility index (Phi) is 7.36. The Morgan fingerprint density at radius 2 is 1.36 bits per heavy atom. The van der Waals surface area contributed by atoms with Gasteiger partial charge in [-0.15, -0.1) is 0 Å². The van der Waals surface area contributed by atoms with Gasteiger partial charge in [-0.05, 0) is 16.7 Å². The van der Waals surface area contributed by atoms with E-state index in [2.05, 4.69) is 12.1 Å². The molecule has 1 atom stereocenters. The van der Waals surface area contributed by atoms with Crippen LogP contribution in [-0.2, 0) is 27.5 Å². The van der Waals surface area contributed by atoms with Crippen molar-refractivity contribution in [2.24, 2.45) is 0 Å². The van der Waals surface area contributed by atoms with E-state index in [0.717, 1.165) is 16.7 Å². The number of rotatable bonds is 9. The molecule has 0 spiro atoms. The van der Waals surface area contributed by atoms with Crippen molar-refractivity contribution in [3.8, 4) is 0 Å². The third kappa shape index (κ3) is 5.78. The number of carbonyl (C=O) groups is 1. The minimum atomic E-state index is -0.425. The summed E-state index contributed by atoms with van der Waals surface area (Å²) >= 11 is 0. The van der Waals surface area contributed by atoms with Gasteiger partial charge in [0.2, 0.25) is 0 Å². The first-order chi connectivity index (χ1) is 13.8. The fraction of sp³-hybridized carbons (Fsp3) is 0.208. The molecule has 4 nitrogen and oxygen atoms in total. The van der Waals surface area contributed by atoms with Crippen LogP contribution in [0.15, 0.2) is 91.0 Å². The lowest BCUT2D eigenvalue weighted by molar-refractivity contribution is -0.184. The van der Waals surface area contributed by atoms with Gasteiger partial charge in [0, 0.05) is 13.1 Å². The number of methoxy groups -OCH3 is 1. The van der Waals surface area contributed by atoms with Crippen LogP contribution in [0.5, 0.6) is 0 Å². The number of hydroxylamine groups is 2. The molecule has 0 heterocycles. The molecular formula is C24H25NO3. The van der Waals surface area contributed by atoms with Crippen molar-refractivity contribution in [3.05, 3.63) is 108 Å². The zero-order valence-corrected chi connectivity index (χ0v) is 16.0. The molecule has 144 valence electrons. The zero-order chi connectivity index (χ0) is 19.6. The Hall–Kier alpha value is -2.95. The van der Waals surface area contributed by atoms with E-state index in [4.69, 9.17) is 9.57 Å². The Bertz CT molecular complexity index is 837. The number of nitrogens with zero attached hydrogens (tertiary/aromatic N) is 1. The molecule has 3 rings (SSSR count). The first-order valence-corrected chi connectivity index (χ1v) is 9.34. The van der Waals surface area contributed by atoms with Gasteiger partial charge in [0.15, 0.2) is 0 Å². The van der Waals surface area contributed by atoms with Crippen molar-refractivity contribution in [3.63, 3.8) is 0 Å². The predicted molar refractivity (Wildman–Crippen MR) is 109 cm³/mol. The molecule has 0 N–H and O–H groups in total. The van der Waals surface area contributed by atoms with E-state index in [1.165, 1.54) is 7.11 Å². The highest BCUT2D eigenvalue weighted by Gasteiger charge is 2.25. The largest absolute Gasteiger partial charge is 0.469 e. The summed E-state index contributed by atoms with van der Waals surface area (Å²) < 4.78 is 5.06. The maximum absolute atomic E-state index is 12.5. The maximum Gasteiger partial charge on any atom is 0.314 e. The molecule has 0 aliphatic heterocycles. The van der Waals surface area contributed by atoms with Crippen molar-refractivity contribution in [1.29, 1.82) is 0 Å². The van der Waals surface area contributed by atoms with E-state index in [-0.39, 0.29) is 5.97 Å². The summed E-state index contributed by atoms with van der Waals surface area (Å²) in [4.78, 5) is 18.6. The monoisotopic (exact) mass is 375 g/mol. The Morgan fingerprint density at radius 1 is 0.821 bits per heavy atom. The first-order valence-electron chi connectivity index (χ1n) is 9.34. The predicted octanol–water partition coefficient (Wildman–Crippen LogP) is 4.58. The van der Waals surface area contributed by atoms with Crippen LogP contribution in [0.4, 0.5) is 0 Å². The van der Waals surface area contributed by atoms with Crippen molar-refractivity contribution in [2.45, 2.75) is 19.1 Å². The highest BCUT2D eigenvalue weighted by molar-refractivity contribution is 5.78. The van der Waals surface area contributed by atoms with Gasteiger partial charge in [-0.1, -0.05) is 91.0 Å². The number of hydrogen-bond donors (Lipinski definition) is 0. The molecule has 0 radical (unpaired) electrons. The second-order valence-electron chi connectivity index (χ2n) is 6.55. The highest BCUT2D eigenvalue weighted by Crippen LogP contribution is 2.21. The van der Waals surface area contributed by atoms with Crippen LogP contribution in [0.25, 0.3) is 0 Å². The van der Waals surface area contributed by atoms with Crippen molar-refractivity contribution in [2.75, 3.05) is 13.7 Å². The third-order valence-corrected chi connectivity index (χ3v) is 4.53. The van der Waals surface area contributed by atoms with Gasteiger partial charge in [0.25, 0.3) is 0 Å². The van der Waals surface area contributed by atoms with E-state index in [0.29, 0.717) is 19.7 Å². The van der Waals surface area contributed by atoms with Gasteiger partial charge in [-0.25, -0.2) is 0 Å². The Morgan fingerprint density at radius 3 is 1.93 bits per heavy atom. The minimum absolute atomic E-state index is 0.271. The summed E-state index contributed by atoms with van der Waals surface area (Å²) in [7, 11) is 1.42. The normalized spacial score (nSPS) is 11.9. The molecule has 0 fully saturated rings. The van der Waals surface area contributed by atoms with E-state index in [1.807, 2.05) is 83.9 Å². The molecule has 0 saturated heterocycles. The van der Waals surface area contributed by atoms with Gasteiger partial charge >= 0.3 is 5.97 Å². The van der Waals surface area contributed by atoms with Gasteiger partial charge in [-0.2, -0.15) is 5.06 Å². The summed E-state index contributed by atoms with van der Waals surface area (Å²) in [5.41, 5.74) is 3.11. The third-order valence-electron chi connectivity index (χ3n) is 4.53. The van der Waals surface area contributed by atoms with Crippen LogP contribution in [0, 0.1) is 0 Å². The minimum Gasteiger partial charge on any atom is -0.469 e. The van der Waals surface area contributed by atoms with Crippen LogP contribution in [-0.4, -0.2) is 24.7 Å². The second-order valence-corrected chi connectivity index (χ2v) is 6.55. The Balaban J connectivity index is 1.78. The molecule has 0 aliphatic rings. The van der Waals surface area contributed by atoms with Crippen LogP contribution < -0.4 is 0 Å². The van der Waals surface area contributed by atoms with Crippen molar-refractivity contribution >= 4 is 5.97 Å². The number of ether oxygens (including phenoxy) is 1.